The van der Waals surface area contributed by atoms with Crippen LogP contribution in [0.15, 0.2) is 55.2 Å². The molecule has 1 aromatic carbocycles. The Labute approximate surface area is 164 Å². The van der Waals surface area contributed by atoms with Gasteiger partial charge in [-0.1, -0.05) is 12.1 Å². The molecule has 1 atom stereocenters. The van der Waals surface area contributed by atoms with Gasteiger partial charge in [-0.15, -0.1) is 0 Å². The second-order valence-electron chi connectivity index (χ2n) is 7.02. The van der Waals surface area contributed by atoms with E-state index in [1.165, 1.54) is 0 Å². The molecule has 0 radical (unpaired) electrons. The number of aromatic nitrogens is 4. The van der Waals surface area contributed by atoms with Gasteiger partial charge in [0.1, 0.15) is 0 Å². The first-order valence-corrected chi connectivity index (χ1v) is 9.45. The summed E-state index contributed by atoms with van der Waals surface area (Å²) in [5, 5.41) is 0. The van der Waals surface area contributed by atoms with E-state index < -0.39 is 0 Å². The zero-order valence-electron chi connectivity index (χ0n) is 15.9. The number of ether oxygens (including phenoxy) is 1. The van der Waals surface area contributed by atoms with Crippen molar-refractivity contribution in [1.29, 1.82) is 0 Å². The highest BCUT2D eigenvalue weighted by Gasteiger charge is 2.24. The van der Waals surface area contributed by atoms with E-state index >= 15 is 0 Å². The largest absolute Gasteiger partial charge is 0.481 e. The van der Waals surface area contributed by atoms with Crippen LogP contribution in [0.2, 0.25) is 0 Å². The quantitative estimate of drug-likeness (QED) is 0.684. The maximum absolute atomic E-state index is 13.0. The SMILES string of the molecule is COc1ccnc(-c2ccc(C(=O)N3CCCC(Cn4ccnc4)C3)cc2)n1. The molecule has 0 spiro atoms. The lowest BCUT2D eigenvalue weighted by Crippen LogP contribution is -2.41. The minimum Gasteiger partial charge on any atom is -0.481 e. The number of nitrogens with zero attached hydrogens (tertiary/aromatic N) is 5. The molecule has 0 saturated carbocycles. The van der Waals surface area contributed by atoms with Gasteiger partial charge >= 0.3 is 0 Å². The van der Waals surface area contributed by atoms with Gasteiger partial charge < -0.3 is 14.2 Å². The molecule has 7 nitrogen and oxygen atoms in total. The molecule has 4 rings (SSSR count). The third-order valence-electron chi connectivity index (χ3n) is 5.06. The predicted octanol–water partition coefficient (Wildman–Crippen LogP) is 2.90. The van der Waals surface area contributed by atoms with Crippen molar-refractivity contribution in [1.82, 2.24) is 24.4 Å². The highest BCUT2D eigenvalue weighted by molar-refractivity contribution is 5.94. The molecule has 1 unspecified atom stereocenters. The molecule has 2 aromatic heterocycles. The van der Waals surface area contributed by atoms with Crippen LogP contribution in [0.5, 0.6) is 5.88 Å². The minimum absolute atomic E-state index is 0.0773. The first kappa shape index (κ1) is 18.2. The van der Waals surface area contributed by atoms with Crippen molar-refractivity contribution in [3.8, 4) is 17.3 Å². The topological polar surface area (TPSA) is 73.1 Å². The van der Waals surface area contributed by atoms with Crippen LogP contribution in [0, 0.1) is 5.92 Å². The zero-order valence-corrected chi connectivity index (χ0v) is 15.9. The van der Waals surface area contributed by atoms with Crippen LogP contribution in [-0.2, 0) is 6.54 Å². The Morgan fingerprint density at radius 2 is 2.07 bits per heavy atom. The molecule has 3 aromatic rings. The van der Waals surface area contributed by atoms with Crippen molar-refractivity contribution in [3.05, 3.63) is 60.8 Å². The summed E-state index contributed by atoms with van der Waals surface area (Å²) in [4.78, 5) is 27.6. The Balaban J connectivity index is 1.44. The lowest BCUT2D eigenvalue weighted by Gasteiger charge is -2.33. The molecule has 3 heterocycles. The van der Waals surface area contributed by atoms with Gasteiger partial charge in [0.25, 0.3) is 5.91 Å². The molecular formula is C21H23N5O2. The minimum atomic E-state index is 0.0773. The summed E-state index contributed by atoms with van der Waals surface area (Å²) in [6.07, 6.45) is 9.42. The Morgan fingerprint density at radius 1 is 1.21 bits per heavy atom. The van der Waals surface area contributed by atoms with Crippen molar-refractivity contribution >= 4 is 5.91 Å². The van der Waals surface area contributed by atoms with Crippen LogP contribution in [-0.4, -0.2) is 50.5 Å². The maximum atomic E-state index is 13.0. The summed E-state index contributed by atoms with van der Waals surface area (Å²) in [5.74, 6) is 1.63. The zero-order chi connectivity index (χ0) is 19.3. The Kier molecular flexibility index (Phi) is 5.32. The third-order valence-corrected chi connectivity index (χ3v) is 5.06. The van der Waals surface area contributed by atoms with Gasteiger partial charge in [0.05, 0.1) is 13.4 Å². The van der Waals surface area contributed by atoms with Crippen molar-refractivity contribution in [2.45, 2.75) is 19.4 Å². The van der Waals surface area contributed by atoms with Gasteiger partial charge in [-0.05, 0) is 30.9 Å². The van der Waals surface area contributed by atoms with E-state index in [-0.39, 0.29) is 5.91 Å². The van der Waals surface area contributed by atoms with Crippen molar-refractivity contribution in [3.63, 3.8) is 0 Å². The van der Waals surface area contributed by atoms with E-state index in [0.29, 0.717) is 23.2 Å². The van der Waals surface area contributed by atoms with Crippen LogP contribution < -0.4 is 4.74 Å². The molecule has 1 aliphatic heterocycles. The first-order chi connectivity index (χ1) is 13.7. The third kappa shape index (κ3) is 4.03. The summed E-state index contributed by atoms with van der Waals surface area (Å²) in [6.45, 7) is 2.48. The first-order valence-electron chi connectivity index (χ1n) is 9.45. The van der Waals surface area contributed by atoms with E-state index in [2.05, 4.69) is 19.5 Å². The summed E-state index contributed by atoms with van der Waals surface area (Å²) >= 11 is 0. The number of amides is 1. The number of carbonyl (C=O) groups excluding carboxylic acids is 1. The van der Waals surface area contributed by atoms with E-state index in [1.54, 1.807) is 25.6 Å². The molecule has 7 heteroatoms. The van der Waals surface area contributed by atoms with Crippen LogP contribution >= 0.6 is 0 Å². The highest BCUT2D eigenvalue weighted by Crippen LogP contribution is 2.22. The smallest absolute Gasteiger partial charge is 0.253 e. The number of imidazole rings is 1. The fraction of sp³-hybridized carbons (Fsp3) is 0.333. The Bertz CT molecular complexity index is 924. The van der Waals surface area contributed by atoms with Crippen LogP contribution in [0.4, 0.5) is 0 Å². The average molecular weight is 377 g/mol. The van der Waals surface area contributed by atoms with E-state index in [4.69, 9.17) is 4.74 Å². The number of benzene rings is 1. The number of piperidine rings is 1. The molecule has 0 aliphatic carbocycles. The Hall–Kier alpha value is -3.22. The second-order valence-corrected chi connectivity index (χ2v) is 7.02. The normalized spacial score (nSPS) is 16.8. The Morgan fingerprint density at radius 3 is 2.82 bits per heavy atom. The van der Waals surface area contributed by atoms with Gasteiger partial charge in [-0.25, -0.2) is 9.97 Å². The average Bonchev–Trinajstić information content (AvgIpc) is 3.26. The van der Waals surface area contributed by atoms with E-state index in [9.17, 15) is 4.79 Å². The molecule has 1 saturated heterocycles. The predicted molar refractivity (Wildman–Crippen MR) is 105 cm³/mol. The van der Waals surface area contributed by atoms with Crippen molar-refractivity contribution < 1.29 is 9.53 Å². The fourth-order valence-corrected chi connectivity index (χ4v) is 3.63. The lowest BCUT2D eigenvalue weighted by atomic mass is 9.97. The van der Waals surface area contributed by atoms with E-state index in [1.807, 2.05) is 41.7 Å². The van der Waals surface area contributed by atoms with Gasteiger partial charge in [0.2, 0.25) is 5.88 Å². The second kappa shape index (κ2) is 8.21. The van der Waals surface area contributed by atoms with E-state index in [0.717, 1.165) is 38.0 Å². The molecule has 1 amide bonds. The van der Waals surface area contributed by atoms with Crippen LogP contribution in [0.3, 0.4) is 0 Å². The fourth-order valence-electron chi connectivity index (χ4n) is 3.63. The van der Waals surface area contributed by atoms with Crippen molar-refractivity contribution in [2.75, 3.05) is 20.2 Å². The summed E-state index contributed by atoms with van der Waals surface area (Å²) < 4.78 is 7.23. The number of likely N-dealkylation sites (tertiary alicyclic amines) is 1. The lowest BCUT2D eigenvalue weighted by molar-refractivity contribution is 0.0662. The maximum Gasteiger partial charge on any atom is 0.253 e. The van der Waals surface area contributed by atoms with Gasteiger partial charge in [0, 0.05) is 55.4 Å². The number of methoxy groups -OCH3 is 1. The number of carbonyl (C=O) groups is 1. The monoisotopic (exact) mass is 377 g/mol. The molecule has 28 heavy (non-hydrogen) atoms. The number of hydrogen-bond donors (Lipinski definition) is 0. The number of hydrogen-bond acceptors (Lipinski definition) is 5. The van der Waals surface area contributed by atoms with Crippen LogP contribution in [0.1, 0.15) is 23.2 Å². The molecular weight excluding hydrogens is 354 g/mol. The summed E-state index contributed by atoms with van der Waals surface area (Å²) in [7, 11) is 1.58. The molecule has 1 fully saturated rings. The van der Waals surface area contributed by atoms with Gasteiger partial charge in [-0.2, -0.15) is 4.98 Å². The number of rotatable bonds is 5. The summed E-state index contributed by atoms with van der Waals surface area (Å²) in [6, 6.07) is 9.17. The highest BCUT2D eigenvalue weighted by atomic mass is 16.5. The van der Waals surface area contributed by atoms with Gasteiger partial charge in [-0.3, -0.25) is 4.79 Å². The molecule has 144 valence electrons. The van der Waals surface area contributed by atoms with Gasteiger partial charge in [0.15, 0.2) is 5.82 Å². The standard InChI is InChI=1S/C21H23N5O2/c1-28-19-8-9-23-20(24-19)17-4-6-18(7-5-17)21(27)26-11-2-3-16(14-26)13-25-12-10-22-15-25/h4-10,12,15-16H,2-3,11,13-14H2,1H3. The molecule has 1 aliphatic rings. The summed E-state index contributed by atoms with van der Waals surface area (Å²) in [5.41, 5.74) is 1.54. The molecule has 0 bridgehead atoms. The molecule has 0 N–H and O–H groups in total. The van der Waals surface area contributed by atoms with Crippen LogP contribution in [0.25, 0.3) is 11.4 Å². The van der Waals surface area contributed by atoms with Crippen molar-refractivity contribution in [2.24, 2.45) is 5.92 Å².